The number of hydrogen-bond acceptors (Lipinski definition) is 5. The van der Waals surface area contributed by atoms with Gasteiger partial charge >= 0.3 is 5.97 Å². The first-order valence-corrected chi connectivity index (χ1v) is 9.02. The van der Waals surface area contributed by atoms with E-state index in [4.69, 9.17) is 4.74 Å². The molecule has 0 aliphatic rings. The van der Waals surface area contributed by atoms with Crippen LogP contribution in [0.2, 0.25) is 0 Å². The Hall–Kier alpha value is -3.73. The maximum atomic E-state index is 13.8. The number of nitrogens with zero attached hydrogens (tertiary/aromatic N) is 2. The summed E-state index contributed by atoms with van der Waals surface area (Å²) < 4.78 is 31.6. The van der Waals surface area contributed by atoms with Crippen LogP contribution in [0.3, 0.4) is 0 Å². The summed E-state index contributed by atoms with van der Waals surface area (Å²) in [5, 5.41) is 11.7. The van der Waals surface area contributed by atoms with Gasteiger partial charge in [0.1, 0.15) is 23.3 Å². The van der Waals surface area contributed by atoms with Crippen molar-refractivity contribution in [3.63, 3.8) is 0 Å². The molecule has 0 unspecified atom stereocenters. The standard InChI is InChI=1S/C22H21F2N3O3/c1-14(19-9-6-17(23)11-20(19)24)26-21(28)13-30-22(29)16(12-25)10-15-4-7-18(8-5-15)27(2)3/h4-11,14H,13H2,1-3H3,(H,26,28)/b16-10+/t14-/m0/s1. The quantitative estimate of drug-likeness (QED) is 0.428. The highest BCUT2D eigenvalue weighted by Gasteiger charge is 2.17. The smallest absolute Gasteiger partial charge is 0.349 e. The van der Waals surface area contributed by atoms with Gasteiger partial charge in [-0.25, -0.2) is 13.6 Å². The molecule has 6 nitrogen and oxygen atoms in total. The Morgan fingerprint density at radius 2 is 1.87 bits per heavy atom. The topological polar surface area (TPSA) is 82.4 Å². The SMILES string of the molecule is C[C@H](NC(=O)COC(=O)/C(C#N)=C/c1ccc(N(C)C)cc1)c1ccc(F)cc1F. The molecule has 0 heterocycles. The van der Waals surface area contributed by atoms with E-state index in [1.54, 1.807) is 18.2 Å². The van der Waals surface area contributed by atoms with E-state index in [1.807, 2.05) is 31.1 Å². The van der Waals surface area contributed by atoms with Gasteiger partial charge in [0.25, 0.3) is 5.91 Å². The first-order valence-electron chi connectivity index (χ1n) is 9.02. The third-order valence-corrected chi connectivity index (χ3v) is 4.20. The van der Waals surface area contributed by atoms with Crippen LogP contribution in [0, 0.1) is 23.0 Å². The van der Waals surface area contributed by atoms with Gasteiger partial charge in [-0.2, -0.15) is 5.26 Å². The Morgan fingerprint density at radius 1 is 1.20 bits per heavy atom. The average Bonchev–Trinajstić information content (AvgIpc) is 2.70. The lowest BCUT2D eigenvalue weighted by Crippen LogP contribution is -2.31. The van der Waals surface area contributed by atoms with Gasteiger partial charge in [0.2, 0.25) is 0 Å². The monoisotopic (exact) mass is 413 g/mol. The van der Waals surface area contributed by atoms with E-state index in [-0.39, 0.29) is 11.1 Å². The van der Waals surface area contributed by atoms with Gasteiger partial charge < -0.3 is 15.0 Å². The molecule has 0 bridgehead atoms. The zero-order chi connectivity index (χ0) is 22.3. The highest BCUT2D eigenvalue weighted by molar-refractivity contribution is 5.98. The molecule has 0 saturated heterocycles. The van der Waals surface area contributed by atoms with Crippen LogP contribution in [0.25, 0.3) is 6.08 Å². The Kier molecular flexibility index (Phi) is 7.64. The largest absolute Gasteiger partial charge is 0.451 e. The molecule has 2 aromatic rings. The van der Waals surface area contributed by atoms with Crippen molar-refractivity contribution in [1.82, 2.24) is 5.32 Å². The predicted octanol–water partition coefficient (Wildman–Crippen LogP) is 3.36. The summed E-state index contributed by atoms with van der Waals surface area (Å²) in [7, 11) is 3.78. The van der Waals surface area contributed by atoms with E-state index in [9.17, 15) is 23.6 Å². The van der Waals surface area contributed by atoms with Crippen LogP contribution < -0.4 is 10.2 Å². The number of esters is 1. The van der Waals surface area contributed by atoms with Crippen molar-refractivity contribution in [3.05, 3.63) is 70.8 Å². The van der Waals surface area contributed by atoms with E-state index in [2.05, 4.69) is 5.32 Å². The second kappa shape index (κ2) is 10.2. The summed E-state index contributed by atoms with van der Waals surface area (Å²) in [6.07, 6.45) is 1.36. The number of carbonyl (C=O) groups excluding carboxylic acids is 2. The van der Waals surface area contributed by atoms with Crippen LogP contribution in [0.1, 0.15) is 24.1 Å². The van der Waals surface area contributed by atoms with Gasteiger partial charge in [-0.15, -0.1) is 0 Å². The molecule has 30 heavy (non-hydrogen) atoms. The fraction of sp³-hybridized carbons (Fsp3) is 0.227. The van der Waals surface area contributed by atoms with Crippen LogP contribution in [0.4, 0.5) is 14.5 Å². The van der Waals surface area contributed by atoms with Gasteiger partial charge in [0, 0.05) is 31.4 Å². The lowest BCUT2D eigenvalue weighted by Gasteiger charge is -2.15. The molecule has 0 radical (unpaired) electrons. The van der Waals surface area contributed by atoms with Crippen LogP contribution in [0.15, 0.2) is 48.0 Å². The third-order valence-electron chi connectivity index (χ3n) is 4.20. The zero-order valence-corrected chi connectivity index (χ0v) is 16.8. The molecule has 0 saturated carbocycles. The second-order valence-electron chi connectivity index (χ2n) is 6.69. The molecule has 0 aromatic heterocycles. The number of anilines is 1. The van der Waals surface area contributed by atoms with Crippen LogP contribution in [-0.2, 0) is 14.3 Å². The normalized spacial score (nSPS) is 11.9. The highest BCUT2D eigenvalue weighted by Crippen LogP contribution is 2.18. The van der Waals surface area contributed by atoms with Crippen LogP contribution in [0.5, 0.6) is 0 Å². The van der Waals surface area contributed by atoms with Crippen molar-refractivity contribution in [2.45, 2.75) is 13.0 Å². The summed E-state index contributed by atoms with van der Waals surface area (Å²) in [6, 6.07) is 11.1. The molecular formula is C22H21F2N3O3. The summed E-state index contributed by atoms with van der Waals surface area (Å²) >= 11 is 0. The maximum absolute atomic E-state index is 13.8. The van der Waals surface area contributed by atoms with Crippen LogP contribution in [-0.4, -0.2) is 32.6 Å². The van der Waals surface area contributed by atoms with Crippen molar-refractivity contribution >= 4 is 23.6 Å². The molecule has 1 N–H and O–H groups in total. The zero-order valence-electron chi connectivity index (χ0n) is 16.8. The molecule has 0 aliphatic carbocycles. The lowest BCUT2D eigenvalue weighted by molar-refractivity contribution is -0.144. The number of amides is 1. The first-order chi connectivity index (χ1) is 14.2. The minimum Gasteiger partial charge on any atom is -0.451 e. The van der Waals surface area contributed by atoms with Crippen molar-refractivity contribution < 1.29 is 23.1 Å². The Bertz CT molecular complexity index is 996. The number of nitriles is 1. The summed E-state index contributed by atoms with van der Waals surface area (Å²) in [6.45, 7) is 0.860. The lowest BCUT2D eigenvalue weighted by atomic mass is 10.1. The van der Waals surface area contributed by atoms with Crippen molar-refractivity contribution in [2.75, 3.05) is 25.6 Å². The Balaban J connectivity index is 1.95. The van der Waals surface area contributed by atoms with E-state index in [0.717, 1.165) is 11.8 Å². The minimum atomic E-state index is -0.954. The maximum Gasteiger partial charge on any atom is 0.349 e. The second-order valence-corrected chi connectivity index (χ2v) is 6.69. The fourth-order valence-electron chi connectivity index (χ4n) is 2.59. The molecule has 2 aromatic carbocycles. The van der Waals surface area contributed by atoms with Crippen molar-refractivity contribution in [3.8, 4) is 6.07 Å². The van der Waals surface area contributed by atoms with E-state index in [1.165, 1.54) is 19.1 Å². The molecule has 0 fully saturated rings. The number of carbonyl (C=O) groups is 2. The van der Waals surface area contributed by atoms with Gasteiger partial charge in [-0.3, -0.25) is 4.79 Å². The van der Waals surface area contributed by atoms with E-state index >= 15 is 0 Å². The number of halogens is 2. The number of benzene rings is 2. The van der Waals surface area contributed by atoms with Gasteiger partial charge in [-0.1, -0.05) is 18.2 Å². The summed E-state index contributed by atoms with van der Waals surface area (Å²) in [5.74, 6) is -3.16. The predicted molar refractivity (Wildman–Crippen MR) is 108 cm³/mol. The number of rotatable bonds is 7. The number of hydrogen-bond donors (Lipinski definition) is 1. The Labute approximate surface area is 173 Å². The Morgan fingerprint density at radius 3 is 2.43 bits per heavy atom. The van der Waals surface area contributed by atoms with Gasteiger partial charge in [0.05, 0.1) is 6.04 Å². The number of nitrogens with one attached hydrogen (secondary N) is 1. The number of ether oxygens (including phenoxy) is 1. The van der Waals surface area contributed by atoms with Gasteiger partial charge in [-0.05, 0) is 36.8 Å². The molecule has 0 aliphatic heterocycles. The third kappa shape index (κ3) is 6.14. The van der Waals surface area contributed by atoms with Gasteiger partial charge in [0.15, 0.2) is 6.61 Å². The molecule has 0 spiro atoms. The first kappa shape index (κ1) is 22.6. The minimum absolute atomic E-state index is 0.0925. The average molecular weight is 413 g/mol. The highest BCUT2D eigenvalue weighted by atomic mass is 19.1. The van der Waals surface area contributed by atoms with Crippen LogP contribution >= 0.6 is 0 Å². The summed E-state index contributed by atoms with van der Waals surface area (Å²) in [4.78, 5) is 26.0. The van der Waals surface area contributed by atoms with E-state index in [0.29, 0.717) is 11.6 Å². The summed E-state index contributed by atoms with van der Waals surface area (Å²) in [5.41, 5.74) is 1.41. The molecule has 2 rings (SSSR count). The van der Waals surface area contributed by atoms with Crippen molar-refractivity contribution in [1.29, 1.82) is 5.26 Å². The molecule has 156 valence electrons. The molecule has 1 amide bonds. The molecular weight excluding hydrogens is 392 g/mol. The molecule has 8 heteroatoms. The van der Waals surface area contributed by atoms with E-state index < -0.39 is 36.2 Å². The fourth-order valence-corrected chi connectivity index (χ4v) is 2.59. The molecule has 1 atom stereocenters. The van der Waals surface area contributed by atoms with Crippen molar-refractivity contribution in [2.24, 2.45) is 0 Å².